The van der Waals surface area contributed by atoms with E-state index in [4.69, 9.17) is 0 Å². The summed E-state index contributed by atoms with van der Waals surface area (Å²) in [4.78, 5) is 12.2. The third-order valence-electron chi connectivity index (χ3n) is 4.44. The van der Waals surface area contributed by atoms with Gasteiger partial charge < -0.3 is 5.32 Å². The van der Waals surface area contributed by atoms with Gasteiger partial charge in [-0.25, -0.2) is 0 Å². The maximum atomic E-state index is 12.2. The summed E-state index contributed by atoms with van der Waals surface area (Å²) in [5, 5.41) is 12.3. The summed E-state index contributed by atoms with van der Waals surface area (Å²) in [5.74, 6) is 0.00974. The van der Waals surface area contributed by atoms with E-state index in [2.05, 4.69) is 11.4 Å². The fraction of sp³-hybridized carbons (Fsp3) is 0.238. The molecule has 0 saturated carbocycles. The van der Waals surface area contributed by atoms with E-state index in [1.807, 2.05) is 55.5 Å². The van der Waals surface area contributed by atoms with Crippen LogP contribution in [0, 0.1) is 18.3 Å². The van der Waals surface area contributed by atoms with Crippen molar-refractivity contribution >= 4 is 12.0 Å². The molecule has 0 spiro atoms. The molecule has 0 atom stereocenters. The van der Waals surface area contributed by atoms with E-state index in [-0.39, 0.29) is 5.91 Å². The van der Waals surface area contributed by atoms with Gasteiger partial charge >= 0.3 is 0 Å². The first-order chi connectivity index (χ1) is 11.7. The number of benzene rings is 2. The van der Waals surface area contributed by atoms with Gasteiger partial charge in [-0.1, -0.05) is 30.3 Å². The fourth-order valence-electron chi connectivity index (χ4n) is 3.06. The molecular weight excluding hydrogens is 296 g/mol. The molecule has 3 heteroatoms. The number of rotatable bonds is 2. The highest BCUT2D eigenvalue weighted by Gasteiger charge is 2.14. The largest absolute Gasteiger partial charge is 0.352 e. The van der Waals surface area contributed by atoms with E-state index >= 15 is 0 Å². The predicted molar refractivity (Wildman–Crippen MR) is 96.2 cm³/mol. The van der Waals surface area contributed by atoms with Gasteiger partial charge in [-0.3, -0.25) is 4.79 Å². The number of nitrogens with zero attached hydrogens (tertiary/aromatic N) is 1. The van der Waals surface area contributed by atoms with Crippen molar-refractivity contribution < 1.29 is 4.79 Å². The second-order valence-electron chi connectivity index (χ2n) is 6.10. The van der Waals surface area contributed by atoms with Crippen LogP contribution < -0.4 is 5.32 Å². The van der Waals surface area contributed by atoms with Crippen molar-refractivity contribution in [3.05, 3.63) is 64.7 Å². The van der Waals surface area contributed by atoms with E-state index in [9.17, 15) is 10.1 Å². The van der Waals surface area contributed by atoms with Gasteiger partial charge in [-0.05, 0) is 66.6 Å². The first-order valence-corrected chi connectivity index (χ1v) is 8.28. The molecule has 2 aromatic rings. The minimum atomic E-state index is 0.00974. The average molecular weight is 316 g/mol. The van der Waals surface area contributed by atoms with Gasteiger partial charge in [0, 0.05) is 12.1 Å². The lowest BCUT2D eigenvalue weighted by Gasteiger charge is -2.12. The molecule has 0 aliphatic carbocycles. The second-order valence-corrected chi connectivity index (χ2v) is 6.10. The number of hydrogen-bond acceptors (Lipinski definition) is 2. The Kier molecular flexibility index (Phi) is 4.77. The van der Waals surface area contributed by atoms with Crippen molar-refractivity contribution in [3.63, 3.8) is 0 Å². The Hall–Kier alpha value is -2.86. The van der Waals surface area contributed by atoms with Crippen molar-refractivity contribution in [3.8, 4) is 17.2 Å². The van der Waals surface area contributed by atoms with Crippen LogP contribution in [0.2, 0.25) is 0 Å². The summed E-state index contributed by atoms with van der Waals surface area (Å²) in [6, 6.07) is 16.1. The molecule has 1 aliphatic rings. The summed E-state index contributed by atoms with van der Waals surface area (Å²) >= 11 is 0. The van der Waals surface area contributed by atoms with E-state index in [1.165, 1.54) is 0 Å². The van der Waals surface area contributed by atoms with Crippen LogP contribution in [0.4, 0.5) is 0 Å². The maximum Gasteiger partial charge on any atom is 0.247 e. The van der Waals surface area contributed by atoms with Crippen LogP contribution in [0.15, 0.2) is 48.0 Å². The Morgan fingerprint density at radius 1 is 1.17 bits per heavy atom. The second kappa shape index (κ2) is 7.14. The zero-order valence-electron chi connectivity index (χ0n) is 13.8. The molecule has 2 aromatic carbocycles. The first kappa shape index (κ1) is 16.0. The quantitative estimate of drug-likeness (QED) is 0.844. The third kappa shape index (κ3) is 3.38. The Bertz CT molecular complexity index is 829. The predicted octanol–water partition coefficient (Wildman–Crippen LogP) is 4.22. The smallest absolute Gasteiger partial charge is 0.247 e. The SMILES string of the molecule is Cc1c(/C=C2\CCCCNC2=O)cc(C#N)cc1-c1ccccc1. The van der Waals surface area contributed by atoms with Crippen molar-refractivity contribution in [1.29, 1.82) is 5.26 Å². The molecule has 120 valence electrons. The van der Waals surface area contributed by atoms with Crippen molar-refractivity contribution in [2.24, 2.45) is 0 Å². The standard InChI is InChI=1S/C21H20N2O/c1-15-19(13-18-9-5-6-10-23-21(18)24)11-16(14-22)12-20(15)17-7-3-2-4-8-17/h2-4,7-8,11-13H,5-6,9-10H2,1H3,(H,23,24)/b18-13+. The molecule has 0 unspecified atom stereocenters. The van der Waals surface area contributed by atoms with Crippen LogP contribution in [-0.4, -0.2) is 12.5 Å². The molecule has 0 radical (unpaired) electrons. The number of hydrogen-bond donors (Lipinski definition) is 1. The summed E-state index contributed by atoms with van der Waals surface area (Å²) < 4.78 is 0. The highest BCUT2D eigenvalue weighted by Crippen LogP contribution is 2.29. The Balaban J connectivity index is 2.11. The van der Waals surface area contributed by atoms with Crippen LogP contribution in [0.25, 0.3) is 17.2 Å². The molecule has 0 bridgehead atoms. The molecular formula is C21H20N2O. The first-order valence-electron chi connectivity index (χ1n) is 8.28. The Morgan fingerprint density at radius 2 is 1.96 bits per heavy atom. The topological polar surface area (TPSA) is 52.9 Å². The van der Waals surface area contributed by atoms with Crippen LogP contribution in [0.5, 0.6) is 0 Å². The molecule has 1 heterocycles. The minimum Gasteiger partial charge on any atom is -0.352 e. The third-order valence-corrected chi connectivity index (χ3v) is 4.44. The Labute approximate surface area is 142 Å². The van der Waals surface area contributed by atoms with Crippen molar-refractivity contribution in [2.75, 3.05) is 6.54 Å². The van der Waals surface area contributed by atoms with Gasteiger partial charge in [0.05, 0.1) is 11.6 Å². The number of nitrogens with one attached hydrogen (secondary N) is 1. The molecule has 1 amide bonds. The highest BCUT2D eigenvalue weighted by molar-refractivity contribution is 5.98. The summed E-state index contributed by atoms with van der Waals surface area (Å²) in [7, 11) is 0. The van der Waals surface area contributed by atoms with Gasteiger partial charge in [0.25, 0.3) is 0 Å². The molecule has 1 fully saturated rings. The summed E-state index contributed by atoms with van der Waals surface area (Å²) in [5.41, 5.74) is 5.56. The summed E-state index contributed by atoms with van der Waals surface area (Å²) in [6.45, 7) is 2.78. The molecule has 24 heavy (non-hydrogen) atoms. The molecule has 1 N–H and O–H groups in total. The van der Waals surface area contributed by atoms with Gasteiger partial charge in [0.15, 0.2) is 0 Å². The van der Waals surface area contributed by atoms with Gasteiger partial charge in [-0.15, -0.1) is 0 Å². The molecule has 3 rings (SSSR count). The highest BCUT2D eigenvalue weighted by atomic mass is 16.1. The van der Waals surface area contributed by atoms with Crippen molar-refractivity contribution in [1.82, 2.24) is 5.32 Å². The number of amides is 1. The lowest BCUT2D eigenvalue weighted by atomic mass is 9.92. The zero-order chi connectivity index (χ0) is 16.9. The number of carbonyl (C=O) groups is 1. The molecule has 1 aliphatic heterocycles. The Morgan fingerprint density at radius 3 is 2.71 bits per heavy atom. The van der Waals surface area contributed by atoms with E-state index < -0.39 is 0 Å². The normalized spacial score (nSPS) is 16.3. The van der Waals surface area contributed by atoms with E-state index in [0.29, 0.717) is 5.56 Å². The van der Waals surface area contributed by atoms with E-state index in [0.717, 1.165) is 53.6 Å². The van der Waals surface area contributed by atoms with E-state index in [1.54, 1.807) is 0 Å². The molecule has 0 aromatic heterocycles. The van der Waals surface area contributed by atoms with Gasteiger partial charge in [-0.2, -0.15) is 5.26 Å². The monoisotopic (exact) mass is 316 g/mol. The average Bonchev–Trinajstić information content (AvgIpc) is 2.82. The van der Waals surface area contributed by atoms with Crippen LogP contribution >= 0.6 is 0 Å². The molecule has 3 nitrogen and oxygen atoms in total. The molecule has 1 saturated heterocycles. The lowest BCUT2D eigenvalue weighted by Crippen LogP contribution is -2.23. The van der Waals surface area contributed by atoms with Gasteiger partial charge in [0.1, 0.15) is 0 Å². The fourth-order valence-corrected chi connectivity index (χ4v) is 3.06. The zero-order valence-corrected chi connectivity index (χ0v) is 13.8. The summed E-state index contributed by atoms with van der Waals surface area (Å²) in [6.07, 6.45) is 4.74. The number of nitriles is 1. The minimum absolute atomic E-state index is 0.00974. The van der Waals surface area contributed by atoms with Gasteiger partial charge in [0.2, 0.25) is 5.91 Å². The van der Waals surface area contributed by atoms with Crippen molar-refractivity contribution in [2.45, 2.75) is 26.2 Å². The maximum absolute atomic E-state index is 12.2. The van der Waals surface area contributed by atoms with Crippen LogP contribution in [0.1, 0.15) is 36.0 Å². The lowest BCUT2D eigenvalue weighted by molar-refractivity contribution is -0.117. The van der Waals surface area contributed by atoms with Crippen LogP contribution in [-0.2, 0) is 4.79 Å². The number of carbonyl (C=O) groups excluding carboxylic acids is 1. The van der Waals surface area contributed by atoms with Crippen LogP contribution in [0.3, 0.4) is 0 Å².